The molecule has 1 aromatic carbocycles. The van der Waals surface area contributed by atoms with Crippen molar-refractivity contribution in [3.8, 4) is 0 Å². The number of hydrogen-bond acceptors (Lipinski definition) is 4. The summed E-state index contributed by atoms with van der Waals surface area (Å²) in [6.45, 7) is 0. The quantitative estimate of drug-likeness (QED) is 0.827. The summed E-state index contributed by atoms with van der Waals surface area (Å²) >= 11 is 6.94. The number of carbonyl (C=O) groups is 2. The molecule has 0 unspecified atom stereocenters. The first-order valence-corrected chi connectivity index (χ1v) is 7.28. The van der Waals surface area contributed by atoms with Gasteiger partial charge in [0.25, 0.3) is 5.91 Å². The van der Waals surface area contributed by atoms with Crippen molar-refractivity contribution in [2.24, 2.45) is 0 Å². The summed E-state index contributed by atoms with van der Waals surface area (Å²) in [6, 6.07) is 9.93. The number of aliphatic carboxylic acids is 1. The van der Waals surface area contributed by atoms with E-state index >= 15 is 0 Å². The van der Waals surface area contributed by atoms with E-state index in [9.17, 15) is 9.59 Å². The summed E-state index contributed by atoms with van der Waals surface area (Å²) < 4.78 is 0. The lowest BCUT2D eigenvalue weighted by atomic mass is 10.2. The fourth-order valence-electron chi connectivity index (χ4n) is 1.51. The normalized spacial score (nSPS) is 10.1. The van der Waals surface area contributed by atoms with Crippen LogP contribution in [0.1, 0.15) is 10.4 Å². The average Bonchev–Trinajstić information content (AvgIpc) is 2.46. The third-order valence-corrected chi connectivity index (χ3v) is 3.59. The summed E-state index contributed by atoms with van der Waals surface area (Å²) in [5.41, 5.74) is 0.978. The number of aromatic nitrogens is 1. The van der Waals surface area contributed by atoms with Crippen molar-refractivity contribution in [1.29, 1.82) is 0 Å². The number of hydrogen-bond donors (Lipinski definition) is 2. The van der Waals surface area contributed by atoms with Gasteiger partial charge in [-0.2, -0.15) is 0 Å². The van der Waals surface area contributed by atoms with Crippen molar-refractivity contribution in [3.63, 3.8) is 0 Å². The van der Waals surface area contributed by atoms with Crippen molar-refractivity contribution in [3.05, 3.63) is 53.2 Å². The predicted octanol–water partition coefficient (Wildman–Crippen LogP) is 3.16. The molecule has 5 nitrogen and oxygen atoms in total. The van der Waals surface area contributed by atoms with E-state index in [2.05, 4.69) is 10.3 Å². The molecule has 0 saturated carbocycles. The Balaban J connectivity index is 2.00. The summed E-state index contributed by atoms with van der Waals surface area (Å²) in [6.07, 6.45) is 1.48. The number of rotatable bonds is 5. The van der Waals surface area contributed by atoms with Gasteiger partial charge in [-0.1, -0.05) is 29.4 Å². The molecular formula is C14H11ClN2O3S. The largest absolute Gasteiger partial charge is 0.481 e. The minimum atomic E-state index is -0.903. The van der Waals surface area contributed by atoms with Gasteiger partial charge in [0.05, 0.1) is 22.7 Å². The summed E-state index contributed by atoms with van der Waals surface area (Å²) in [7, 11) is 0. The predicted molar refractivity (Wildman–Crippen MR) is 82.0 cm³/mol. The van der Waals surface area contributed by atoms with Crippen LogP contribution in [0.25, 0.3) is 0 Å². The minimum absolute atomic E-state index is 0.0543. The zero-order valence-corrected chi connectivity index (χ0v) is 12.3. The van der Waals surface area contributed by atoms with Gasteiger partial charge in [0.1, 0.15) is 0 Å². The van der Waals surface area contributed by atoms with Gasteiger partial charge < -0.3 is 10.4 Å². The van der Waals surface area contributed by atoms with E-state index in [1.807, 2.05) is 0 Å². The number of carboxylic acids is 1. The van der Waals surface area contributed by atoms with Gasteiger partial charge in [0.2, 0.25) is 0 Å². The molecule has 0 aliphatic heterocycles. The van der Waals surface area contributed by atoms with E-state index in [1.54, 1.807) is 36.4 Å². The first-order valence-electron chi connectivity index (χ1n) is 5.92. The Kier molecular flexibility index (Phi) is 5.19. The Morgan fingerprint density at radius 3 is 2.71 bits per heavy atom. The zero-order chi connectivity index (χ0) is 15.2. The molecule has 0 atom stereocenters. The number of benzene rings is 1. The summed E-state index contributed by atoms with van der Waals surface area (Å²) in [4.78, 5) is 26.5. The maximum atomic E-state index is 12.0. The first kappa shape index (κ1) is 15.3. The maximum Gasteiger partial charge on any atom is 0.313 e. The number of thioether (sulfide) groups is 1. The molecule has 0 radical (unpaired) electrons. The number of nitrogens with zero attached hydrogens (tertiary/aromatic N) is 1. The number of halogens is 1. The third kappa shape index (κ3) is 4.77. The number of carboxylic acid groups (broad SMARTS) is 1. The van der Waals surface area contributed by atoms with Gasteiger partial charge in [0.15, 0.2) is 0 Å². The minimum Gasteiger partial charge on any atom is -0.481 e. The molecule has 108 valence electrons. The number of carbonyl (C=O) groups excluding carboxylic acids is 1. The van der Waals surface area contributed by atoms with Crippen LogP contribution in [0.2, 0.25) is 5.02 Å². The van der Waals surface area contributed by atoms with Crippen LogP contribution in [0.3, 0.4) is 0 Å². The van der Waals surface area contributed by atoms with Crippen LogP contribution in [0.4, 0.5) is 5.69 Å². The Morgan fingerprint density at radius 2 is 2.10 bits per heavy atom. The monoisotopic (exact) mass is 322 g/mol. The fourth-order valence-corrected chi connectivity index (χ4v) is 2.26. The average molecular weight is 323 g/mol. The van der Waals surface area contributed by atoms with Crippen LogP contribution in [0, 0.1) is 0 Å². The lowest BCUT2D eigenvalue weighted by Crippen LogP contribution is -2.11. The number of amides is 1. The van der Waals surface area contributed by atoms with Gasteiger partial charge in [0, 0.05) is 10.6 Å². The lowest BCUT2D eigenvalue weighted by molar-refractivity contribution is -0.133. The second-order valence-electron chi connectivity index (χ2n) is 4.03. The van der Waals surface area contributed by atoms with E-state index in [4.69, 9.17) is 16.7 Å². The van der Waals surface area contributed by atoms with Crippen LogP contribution >= 0.6 is 23.4 Å². The van der Waals surface area contributed by atoms with Crippen molar-refractivity contribution < 1.29 is 14.7 Å². The van der Waals surface area contributed by atoms with Gasteiger partial charge in [-0.15, -0.1) is 0 Å². The van der Waals surface area contributed by atoms with Crippen LogP contribution in [0.15, 0.2) is 47.6 Å². The molecule has 0 bridgehead atoms. The van der Waals surface area contributed by atoms with E-state index in [0.717, 1.165) is 11.8 Å². The highest BCUT2D eigenvalue weighted by Crippen LogP contribution is 2.18. The smallest absolute Gasteiger partial charge is 0.313 e. The van der Waals surface area contributed by atoms with Crippen LogP contribution < -0.4 is 5.32 Å². The molecule has 2 rings (SSSR count). The molecule has 1 amide bonds. The number of nitrogens with one attached hydrogen (secondary N) is 1. The highest BCUT2D eigenvalue weighted by Gasteiger charge is 2.07. The summed E-state index contributed by atoms with van der Waals surface area (Å²) in [5, 5.41) is 12.3. The Bertz CT molecular complexity index is 662. The van der Waals surface area contributed by atoms with Crippen molar-refractivity contribution in [2.75, 3.05) is 11.1 Å². The Labute approximate surface area is 130 Å². The van der Waals surface area contributed by atoms with Crippen molar-refractivity contribution >= 4 is 40.9 Å². The van der Waals surface area contributed by atoms with Gasteiger partial charge in [-0.25, -0.2) is 4.98 Å². The molecule has 2 aromatic rings. The Morgan fingerprint density at radius 1 is 1.29 bits per heavy atom. The second kappa shape index (κ2) is 7.10. The molecular weight excluding hydrogens is 312 g/mol. The van der Waals surface area contributed by atoms with Crippen LogP contribution in [0.5, 0.6) is 0 Å². The second-order valence-corrected chi connectivity index (χ2v) is 5.46. The molecule has 0 saturated heterocycles. The molecule has 7 heteroatoms. The van der Waals surface area contributed by atoms with Crippen molar-refractivity contribution in [1.82, 2.24) is 4.98 Å². The van der Waals surface area contributed by atoms with E-state index < -0.39 is 5.97 Å². The zero-order valence-electron chi connectivity index (χ0n) is 10.7. The summed E-state index contributed by atoms with van der Waals surface area (Å²) in [5.74, 6) is -1.24. The van der Waals surface area contributed by atoms with Crippen molar-refractivity contribution in [2.45, 2.75) is 5.03 Å². The Hall–Kier alpha value is -2.05. The molecule has 21 heavy (non-hydrogen) atoms. The molecule has 2 N–H and O–H groups in total. The van der Waals surface area contributed by atoms with E-state index in [1.165, 1.54) is 6.20 Å². The third-order valence-electron chi connectivity index (χ3n) is 2.42. The molecule has 1 aromatic heterocycles. The topological polar surface area (TPSA) is 79.3 Å². The molecule has 0 aliphatic carbocycles. The van der Waals surface area contributed by atoms with Gasteiger partial charge in [-0.05, 0) is 30.3 Å². The number of anilines is 1. The highest BCUT2D eigenvalue weighted by molar-refractivity contribution is 7.99. The standard InChI is InChI=1S/C14H11ClN2O3S/c15-10-3-1-2-9(6-10)14(20)17-11-4-5-12(16-7-11)21-8-13(18)19/h1-7H,8H2,(H,17,20)(H,18,19). The fraction of sp³-hybridized carbons (Fsp3) is 0.0714. The SMILES string of the molecule is O=C(O)CSc1ccc(NC(=O)c2cccc(Cl)c2)cn1. The lowest BCUT2D eigenvalue weighted by Gasteiger charge is -2.06. The first-order chi connectivity index (χ1) is 10.0. The van der Waals surface area contributed by atoms with Crippen LogP contribution in [-0.2, 0) is 4.79 Å². The molecule has 0 spiro atoms. The van der Waals surface area contributed by atoms with E-state index in [0.29, 0.717) is 21.3 Å². The highest BCUT2D eigenvalue weighted by atomic mass is 35.5. The molecule has 0 fully saturated rings. The molecule has 0 aliphatic rings. The number of pyridine rings is 1. The van der Waals surface area contributed by atoms with Gasteiger partial charge in [-0.3, -0.25) is 9.59 Å². The van der Waals surface area contributed by atoms with Crippen LogP contribution in [-0.4, -0.2) is 27.7 Å². The van der Waals surface area contributed by atoms with E-state index in [-0.39, 0.29) is 11.7 Å². The maximum absolute atomic E-state index is 12.0. The molecule has 1 heterocycles. The van der Waals surface area contributed by atoms with Gasteiger partial charge >= 0.3 is 5.97 Å².